The molecule has 0 heterocycles. The summed E-state index contributed by atoms with van der Waals surface area (Å²) < 4.78 is 0. The maximum Gasteiger partial charge on any atom is 0.170 e. The second kappa shape index (κ2) is 9.96. The maximum atomic E-state index is 9.07. The van der Waals surface area contributed by atoms with Gasteiger partial charge in [-0.05, 0) is 48.0 Å². The van der Waals surface area contributed by atoms with Crippen LogP contribution in [-0.2, 0) is 12.2 Å². The lowest BCUT2D eigenvalue weighted by molar-refractivity contribution is 0.989. The van der Waals surface area contributed by atoms with Crippen molar-refractivity contribution in [3.63, 3.8) is 0 Å². The van der Waals surface area contributed by atoms with Crippen LogP contribution in [0.3, 0.4) is 0 Å². The molecule has 0 radical (unpaired) electrons. The normalized spacial score (nSPS) is 10.0. The average Bonchev–Trinajstić information content (AvgIpc) is 2.62. The third-order valence-corrected chi connectivity index (χ3v) is 4.80. The van der Waals surface area contributed by atoms with Crippen LogP contribution in [0.1, 0.15) is 23.6 Å². The highest BCUT2D eigenvalue weighted by atomic mass is 32.2. The Morgan fingerprint density at radius 2 is 1.92 bits per heavy atom. The fraction of sp³-hybridized carbons (Fsp3) is 0.263. The topological polar surface area (TPSA) is 47.8 Å². The predicted octanol–water partition coefficient (Wildman–Crippen LogP) is 4.34. The lowest BCUT2D eigenvalue weighted by atomic mass is 10.1. The number of hydrogen-bond donors (Lipinski definition) is 2. The lowest BCUT2D eigenvalue weighted by Gasteiger charge is -2.11. The monoisotopic (exact) mass is 355 g/mol. The molecule has 0 saturated carbocycles. The van der Waals surface area contributed by atoms with E-state index in [0.29, 0.717) is 5.11 Å². The van der Waals surface area contributed by atoms with Gasteiger partial charge in [0, 0.05) is 23.7 Å². The van der Waals surface area contributed by atoms with Crippen molar-refractivity contribution in [1.29, 1.82) is 5.26 Å². The van der Waals surface area contributed by atoms with Crippen molar-refractivity contribution in [3.05, 3.63) is 65.2 Å². The molecule has 0 fully saturated rings. The molecular weight excluding hydrogens is 334 g/mol. The molecule has 0 aliphatic heterocycles. The summed E-state index contributed by atoms with van der Waals surface area (Å²) in [4.78, 5) is 0. The van der Waals surface area contributed by atoms with E-state index in [1.54, 1.807) is 11.8 Å². The number of hydrogen-bond acceptors (Lipinski definition) is 3. The van der Waals surface area contributed by atoms with Crippen molar-refractivity contribution < 1.29 is 0 Å². The van der Waals surface area contributed by atoms with Crippen LogP contribution in [0.2, 0.25) is 0 Å². The van der Waals surface area contributed by atoms with E-state index in [1.165, 1.54) is 5.56 Å². The summed E-state index contributed by atoms with van der Waals surface area (Å²) in [7, 11) is 0. The summed E-state index contributed by atoms with van der Waals surface area (Å²) in [5.74, 6) is 1.76. The predicted molar refractivity (Wildman–Crippen MR) is 107 cm³/mol. The van der Waals surface area contributed by atoms with Gasteiger partial charge in [0.2, 0.25) is 0 Å². The van der Waals surface area contributed by atoms with Crippen molar-refractivity contribution in [2.45, 2.75) is 19.1 Å². The number of thiocarbonyl (C=S) groups is 1. The van der Waals surface area contributed by atoms with Gasteiger partial charge in [0.1, 0.15) is 0 Å². The fourth-order valence-corrected chi connectivity index (χ4v) is 3.26. The molecule has 24 heavy (non-hydrogen) atoms. The van der Waals surface area contributed by atoms with Crippen LogP contribution in [0.5, 0.6) is 0 Å². The van der Waals surface area contributed by atoms with Crippen LogP contribution in [0, 0.1) is 11.3 Å². The first kappa shape index (κ1) is 18.3. The number of thioether (sulfide) groups is 1. The molecule has 5 heteroatoms. The number of nitrogens with zero attached hydrogens (tertiary/aromatic N) is 1. The Labute approximate surface area is 153 Å². The lowest BCUT2D eigenvalue weighted by Crippen LogP contribution is -2.30. The first-order valence-corrected chi connectivity index (χ1v) is 9.48. The Bertz CT molecular complexity index is 705. The first-order valence-electron chi connectivity index (χ1n) is 7.92. The third-order valence-electron chi connectivity index (χ3n) is 3.55. The minimum atomic E-state index is 0.636. The highest BCUT2D eigenvalue weighted by molar-refractivity contribution is 7.98. The van der Waals surface area contributed by atoms with Gasteiger partial charge < -0.3 is 10.6 Å². The third kappa shape index (κ3) is 5.88. The molecule has 0 atom stereocenters. The molecule has 2 rings (SSSR count). The molecule has 0 aliphatic carbocycles. The number of nitriles is 1. The van der Waals surface area contributed by atoms with E-state index >= 15 is 0 Å². The number of rotatable bonds is 7. The molecule has 0 aliphatic rings. The summed E-state index contributed by atoms with van der Waals surface area (Å²) in [5, 5.41) is 16.1. The van der Waals surface area contributed by atoms with E-state index in [2.05, 4.69) is 35.8 Å². The number of benzene rings is 2. The van der Waals surface area contributed by atoms with Crippen molar-refractivity contribution in [1.82, 2.24) is 5.32 Å². The summed E-state index contributed by atoms with van der Waals surface area (Å²) >= 11 is 7.09. The molecule has 0 amide bonds. The van der Waals surface area contributed by atoms with E-state index < -0.39 is 0 Å². The van der Waals surface area contributed by atoms with Gasteiger partial charge in [-0.3, -0.25) is 0 Å². The first-order chi connectivity index (χ1) is 11.7. The van der Waals surface area contributed by atoms with Crippen LogP contribution in [0.25, 0.3) is 0 Å². The zero-order valence-corrected chi connectivity index (χ0v) is 15.3. The number of nitrogens with one attached hydrogen (secondary N) is 2. The summed E-state index contributed by atoms with van der Waals surface area (Å²) in [6, 6.07) is 18.3. The Morgan fingerprint density at radius 1 is 1.17 bits per heavy atom. The van der Waals surface area contributed by atoms with Gasteiger partial charge in [-0.2, -0.15) is 17.0 Å². The molecule has 0 bridgehead atoms. The van der Waals surface area contributed by atoms with E-state index in [1.807, 2.05) is 36.4 Å². The van der Waals surface area contributed by atoms with Gasteiger partial charge in [0.15, 0.2) is 5.11 Å². The molecule has 0 aromatic heterocycles. The molecule has 124 valence electrons. The minimum absolute atomic E-state index is 0.636. The Balaban J connectivity index is 1.66. The summed E-state index contributed by atoms with van der Waals surface area (Å²) in [6.07, 6.45) is 1.04. The quantitative estimate of drug-likeness (QED) is 0.571. The molecule has 3 nitrogen and oxygen atoms in total. The van der Waals surface area contributed by atoms with Crippen molar-refractivity contribution in [2.24, 2.45) is 0 Å². The summed E-state index contributed by atoms with van der Waals surface area (Å²) in [5.41, 5.74) is 4.15. The Hall–Kier alpha value is -2.03. The second-order valence-corrected chi connectivity index (χ2v) is 6.77. The van der Waals surface area contributed by atoms with Crippen LogP contribution in [-0.4, -0.2) is 17.4 Å². The van der Waals surface area contributed by atoms with Crippen LogP contribution in [0.15, 0.2) is 48.5 Å². The Kier molecular flexibility index (Phi) is 7.60. The van der Waals surface area contributed by atoms with Crippen LogP contribution in [0.4, 0.5) is 5.69 Å². The SMILES string of the molecule is CCc1ccc(NC(=S)NCCSCc2ccccc2C#N)cc1. The van der Waals surface area contributed by atoms with Crippen molar-refractivity contribution in [3.8, 4) is 6.07 Å². The van der Waals surface area contributed by atoms with E-state index in [4.69, 9.17) is 17.5 Å². The zero-order chi connectivity index (χ0) is 17.2. The highest BCUT2D eigenvalue weighted by Gasteiger charge is 2.01. The van der Waals surface area contributed by atoms with Gasteiger partial charge in [0.05, 0.1) is 11.6 Å². The van der Waals surface area contributed by atoms with Crippen molar-refractivity contribution in [2.75, 3.05) is 17.6 Å². The smallest absolute Gasteiger partial charge is 0.170 e. The minimum Gasteiger partial charge on any atom is -0.362 e. The zero-order valence-electron chi connectivity index (χ0n) is 13.7. The van der Waals surface area contributed by atoms with Gasteiger partial charge in [-0.25, -0.2) is 0 Å². The van der Waals surface area contributed by atoms with Crippen molar-refractivity contribution >= 4 is 34.8 Å². The van der Waals surface area contributed by atoms with Gasteiger partial charge >= 0.3 is 0 Å². The molecule has 2 aromatic rings. The number of aryl methyl sites for hydroxylation is 1. The second-order valence-electron chi connectivity index (χ2n) is 5.25. The van der Waals surface area contributed by atoms with E-state index in [-0.39, 0.29) is 0 Å². The largest absolute Gasteiger partial charge is 0.362 e. The fourth-order valence-electron chi connectivity index (χ4n) is 2.17. The molecule has 2 N–H and O–H groups in total. The average molecular weight is 356 g/mol. The van der Waals surface area contributed by atoms with Gasteiger partial charge in [-0.1, -0.05) is 37.3 Å². The van der Waals surface area contributed by atoms with E-state index in [9.17, 15) is 0 Å². The van der Waals surface area contributed by atoms with Gasteiger partial charge in [-0.15, -0.1) is 0 Å². The Morgan fingerprint density at radius 3 is 2.62 bits per heavy atom. The molecule has 0 spiro atoms. The molecular formula is C19H21N3S2. The molecule has 0 saturated heterocycles. The highest BCUT2D eigenvalue weighted by Crippen LogP contribution is 2.15. The van der Waals surface area contributed by atoms with Crippen LogP contribution >= 0.6 is 24.0 Å². The summed E-state index contributed by atoms with van der Waals surface area (Å²) in [6.45, 7) is 2.93. The molecule has 2 aromatic carbocycles. The van der Waals surface area contributed by atoms with Crippen LogP contribution < -0.4 is 10.6 Å². The standard InChI is InChI=1S/C19H21N3S2/c1-2-15-7-9-18(10-8-15)22-19(23)21-11-12-24-14-17-6-4-3-5-16(17)13-20/h3-10H,2,11-12,14H2,1H3,(H2,21,22,23). The number of anilines is 1. The van der Waals surface area contributed by atoms with E-state index in [0.717, 1.165) is 41.3 Å². The molecule has 0 unspecified atom stereocenters. The van der Waals surface area contributed by atoms with Gasteiger partial charge in [0.25, 0.3) is 0 Å². The maximum absolute atomic E-state index is 9.07.